The highest BCUT2D eigenvalue weighted by atomic mass is 16.5. The number of methoxy groups -OCH3 is 1. The van der Waals surface area contributed by atoms with Crippen molar-refractivity contribution < 1.29 is 4.74 Å². The molecule has 0 radical (unpaired) electrons. The van der Waals surface area contributed by atoms with E-state index in [2.05, 4.69) is 15.0 Å². The van der Waals surface area contributed by atoms with E-state index in [-0.39, 0.29) is 12.0 Å². The van der Waals surface area contributed by atoms with Crippen LogP contribution in [0, 0.1) is 5.92 Å². The smallest absolute Gasteiger partial charge is 0.216 e. The molecule has 2 rings (SSSR count). The molecule has 0 bridgehead atoms. The van der Waals surface area contributed by atoms with Gasteiger partial charge in [-0.3, -0.25) is 4.98 Å². The van der Waals surface area contributed by atoms with E-state index in [0.29, 0.717) is 11.7 Å². The number of pyridine rings is 1. The molecule has 0 amide bonds. The zero-order valence-electron chi connectivity index (χ0n) is 11.4. The maximum atomic E-state index is 6.12. The molecule has 2 N–H and O–H groups in total. The van der Waals surface area contributed by atoms with E-state index in [1.54, 1.807) is 25.6 Å². The fraction of sp³-hybridized carbons (Fsp3) is 0.357. The van der Waals surface area contributed by atoms with Crippen molar-refractivity contribution in [1.29, 1.82) is 0 Å². The SMILES string of the molecule is COc1cc(-c2ccncc2)nc(C(N)C(C)C)n1. The van der Waals surface area contributed by atoms with Crippen molar-refractivity contribution in [3.8, 4) is 17.1 Å². The molecule has 2 heterocycles. The molecule has 1 unspecified atom stereocenters. The van der Waals surface area contributed by atoms with E-state index < -0.39 is 0 Å². The summed E-state index contributed by atoms with van der Waals surface area (Å²) in [6.07, 6.45) is 3.46. The van der Waals surface area contributed by atoms with Crippen LogP contribution < -0.4 is 10.5 Å². The summed E-state index contributed by atoms with van der Waals surface area (Å²) in [5.41, 5.74) is 7.87. The van der Waals surface area contributed by atoms with Crippen molar-refractivity contribution in [3.05, 3.63) is 36.4 Å². The highest BCUT2D eigenvalue weighted by molar-refractivity contribution is 5.59. The molecule has 100 valence electrons. The summed E-state index contributed by atoms with van der Waals surface area (Å²) in [6, 6.07) is 5.38. The summed E-state index contributed by atoms with van der Waals surface area (Å²) in [7, 11) is 1.59. The van der Waals surface area contributed by atoms with Gasteiger partial charge < -0.3 is 10.5 Å². The Bertz CT molecular complexity index is 542. The van der Waals surface area contributed by atoms with Crippen molar-refractivity contribution in [2.75, 3.05) is 7.11 Å². The van der Waals surface area contributed by atoms with E-state index in [0.717, 1.165) is 11.3 Å². The lowest BCUT2D eigenvalue weighted by atomic mass is 10.0. The van der Waals surface area contributed by atoms with Crippen LogP contribution in [0.1, 0.15) is 25.7 Å². The Balaban J connectivity index is 2.48. The first-order valence-electron chi connectivity index (χ1n) is 6.20. The highest BCUT2D eigenvalue weighted by Crippen LogP contribution is 2.24. The Kier molecular flexibility index (Phi) is 4.06. The number of ether oxygens (including phenoxy) is 1. The fourth-order valence-corrected chi connectivity index (χ4v) is 1.67. The third kappa shape index (κ3) is 3.06. The summed E-state index contributed by atoms with van der Waals surface area (Å²) in [6.45, 7) is 4.08. The lowest BCUT2D eigenvalue weighted by molar-refractivity contribution is 0.389. The molecule has 2 aromatic heterocycles. The molecule has 5 heteroatoms. The van der Waals surface area contributed by atoms with Crippen LogP contribution in [0.2, 0.25) is 0 Å². The van der Waals surface area contributed by atoms with Crippen LogP contribution in [-0.4, -0.2) is 22.1 Å². The molecule has 0 aromatic carbocycles. The topological polar surface area (TPSA) is 73.9 Å². The van der Waals surface area contributed by atoms with Crippen molar-refractivity contribution >= 4 is 0 Å². The van der Waals surface area contributed by atoms with Gasteiger partial charge in [0.25, 0.3) is 0 Å². The number of rotatable bonds is 4. The molecule has 0 aliphatic rings. The lowest BCUT2D eigenvalue weighted by Crippen LogP contribution is -2.20. The predicted molar refractivity (Wildman–Crippen MR) is 73.6 cm³/mol. The average molecular weight is 258 g/mol. The van der Waals surface area contributed by atoms with Gasteiger partial charge in [-0.1, -0.05) is 13.8 Å². The largest absolute Gasteiger partial charge is 0.481 e. The van der Waals surface area contributed by atoms with Gasteiger partial charge in [0.15, 0.2) is 0 Å². The monoisotopic (exact) mass is 258 g/mol. The summed E-state index contributed by atoms with van der Waals surface area (Å²) < 4.78 is 5.22. The zero-order valence-corrected chi connectivity index (χ0v) is 11.4. The van der Waals surface area contributed by atoms with E-state index in [1.165, 1.54) is 0 Å². The quantitative estimate of drug-likeness (QED) is 0.910. The fourth-order valence-electron chi connectivity index (χ4n) is 1.67. The Morgan fingerprint density at radius 1 is 1.16 bits per heavy atom. The maximum absolute atomic E-state index is 6.12. The molecule has 0 saturated carbocycles. The third-order valence-corrected chi connectivity index (χ3v) is 2.92. The standard InChI is InChI=1S/C14H18N4O/c1-9(2)13(15)14-17-11(8-12(18-14)19-3)10-4-6-16-7-5-10/h4-9,13H,15H2,1-3H3. The number of hydrogen-bond acceptors (Lipinski definition) is 5. The molecule has 5 nitrogen and oxygen atoms in total. The zero-order chi connectivity index (χ0) is 13.8. The van der Waals surface area contributed by atoms with Crippen LogP contribution in [0.25, 0.3) is 11.3 Å². The molecule has 0 saturated heterocycles. The molecule has 0 aliphatic carbocycles. The Morgan fingerprint density at radius 3 is 2.42 bits per heavy atom. The van der Waals surface area contributed by atoms with Crippen molar-refractivity contribution in [2.24, 2.45) is 11.7 Å². The molecule has 19 heavy (non-hydrogen) atoms. The van der Waals surface area contributed by atoms with Crippen molar-refractivity contribution in [2.45, 2.75) is 19.9 Å². The van der Waals surface area contributed by atoms with E-state index in [4.69, 9.17) is 10.5 Å². The number of nitrogens with zero attached hydrogens (tertiary/aromatic N) is 3. The van der Waals surface area contributed by atoms with Crippen LogP contribution in [0.5, 0.6) is 5.88 Å². The van der Waals surface area contributed by atoms with Gasteiger partial charge >= 0.3 is 0 Å². The number of nitrogens with two attached hydrogens (primary N) is 1. The molecule has 1 atom stereocenters. The first-order chi connectivity index (χ1) is 9.11. The lowest BCUT2D eigenvalue weighted by Gasteiger charge is -2.15. The van der Waals surface area contributed by atoms with Gasteiger partial charge in [-0.05, 0) is 18.1 Å². The van der Waals surface area contributed by atoms with Crippen LogP contribution in [0.3, 0.4) is 0 Å². The minimum absolute atomic E-state index is 0.212. The van der Waals surface area contributed by atoms with Crippen molar-refractivity contribution in [1.82, 2.24) is 15.0 Å². The normalized spacial score (nSPS) is 12.5. The van der Waals surface area contributed by atoms with Gasteiger partial charge in [0.1, 0.15) is 5.82 Å². The second-order valence-electron chi connectivity index (χ2n) is 4.66. The molecule has 0 spiro atoms. The minimum atomic E-state index is -0.212. The molecule has 0 aliphatic heterocycles. The van der Waals surface area contributed by atoms with Gasteiger partial charge in [-0.15, -0.1) is 0 Å². The molecular formula is C14H18N4O. The second-order valence-corrected chi connectivity index (χ2v) is 4.66. The molecular weight excluding hydrogens is 240 g/mol. The number of hydrogen-bond donors (Lipinski definition) is 1. The van der Waals surface area contributed by atoms with Gasteiger partial charge in [-0.25, -0.2) is 4.98 Å². The van der Waals surface area contributed by atoms with Crippen molar-refractivity contribution in [3.63, 3.8) is 0 Å². The number of aromatic nitrogens is 3. The van der Waals surface area contributed by atoms with Gasteiger partial charge in [0.05, 0.1) is 18.8 Å². The maximum Gasteiger partial charge on any atom is 0.216 e. The van der Waals surface area contributed by atoms with Crippen LogP contribution in [0.15, 0.2) is 30.6 Å². The van der Waals surface area contributed by atoms with E-state index in [1.807, 2.05) is 26.0 Å². The summed E-state index contributed by atoms with van der Waals surface area (Å²) in [5, 5.41) is 0. The van der Waals surface area contributed by atoms with E-state index in [9.17, 15) is 0 Å². The third-order valence-electron chi connectivity index (χ3n) is 2.92. The minimum Gasteiger partial charge on any atom is -0.481 e. The van der Waals surface area contributed by atoms with Crippen LogP contribution >= 0.6 is 0 Å². The Hall–Kier alpha value is -2.01. The summed E-state index contributed by atoms with van der Waals surface area (Å²) in [5.74, 6) is 1.38. The van der Waals surface area contributed by atoms with Gasteiger partial charge in [0, 0.05) is 24.0 Å². The molecule has 0 fully saturated rings. The first-order valence-corrected chi connectivity index (χ1v) is 6.20. The van der Waals surface area contributed by atoms with Crippen LogP contribution in [0.4, 0.5) is 0 Å². The average Bonchev–Trinajstić information content (AvgIpc) is 2.46. The summed E-state index contributed by atoms with van der Waals surface area (Å²) in [4.78, 5) is 12.9. The first kappa shape index (κ1) is 13.4. The summed E-state index contributed by atoms with van der Waals surface area (Å²) >= 11 is 0. The van der Waals surface area contributed by atoms with Crippen LogP contribution in [-0.2, 0) is 0 Å². The van der Waals surface area contributed by atoms with Gasteiger partial charge in [0.2, 0.25) is 5.88 Å². The second kappa shape index (κ2) is 5.75. The van der Waals surface area contributed by atoms with Gasteiger partial charge in [-0.2, -0.15) is 4.98 Å². The molecule has 2 aromatic rings. The predicted octanol–water partition coefficient (Wildman–Crippen LogP) is 2.20. The highest BCUT2D eigenvalue weighted by Gasteiger charge is 2.16. The Morgan fingerprint density at radius 2 is 1.84 bits per heavy atom. The van der Waals surface area contributed by atoms with E-state index >= 15 is 0 Å². The Labute approximate surface area is 112 Å².